The zero-order valence-corrected chi connectivity index (χ0v) is 15.0. The first-order chi connectivity index (χ1) is 11.9. The highest BCUT2D eigenvalue weighted by molar-refractivity contribution is 5.81. The van der Waals surface area contributed by atoms with Gasteiger partial charge in [0.15, 0.2) is 6.61 Å². The zero-order valence-electron chi connectivity index (χ0n) is 15.0. The molecule has 0 saturated heterocycles. The third-order valence-corrected chi connectivity index (χ3v) is 4.14. The Balaban J connectivity index is 1.84. The summed E-state index contributed by atoms with van der Waals surface area (Å²) >= 11 is 0. The van der Waals surface area contributed by atoms with Gasteiger partial charge in [0.25, 0.3) is 5.91 Å². The average Bonchev–Trinajstić information content (AvgIpc) is 2.61. The highest BCUT2D eigenvalue weighted by Gasteiger charge is 2.18. The molecule has 1 amide bonds. The molecule has 2 rings (SSSR count). The van der Waals surface area contributed by atoms with Gasteiger partial charge in [-0.05, 0) is 37.0 Å². The second-order valence-corrected chi connectivity index (χ2v) is 6.69. The Hall–Kier alpha value is -2.62. The summed E-state index contributed by atoms with van der Waals surface area (Å²) in [6.45, 7) is 5.61. The van der Waals surface area contributed by atoms with E-state index in [1.54, 1.807) is 0 Å². The van der Waals surface area contributed by atoms with Crippen molar-refractivity contribution in [2.75, 3.05) is 6.61 Å². The number of carbonyl (C=O) groups excluding carboxylic acids is 2. The molecule has 0 aliphatic rings. The highest BCUT2D eigenvalue weighted by atomic mass is 16.5. The molecule has 0 fully saturated rings. The van der Waals surface area contributed by atoms with Gasteiger partial charge in [0.05, 0.1) is 6.42 Å². The predicted molar refractivity (Wildman–Crippen MR) is 99.1 cm³/mol. The van der Waals surface area contributed by atoms with E-state index in [-0.39, 0.29) is 24.5 Å². The van der Waals surface area contributed by atoms with E-state index in [2.05, 4.69) is 5.32 Å². The first-order valence-corrected chi connectivity index (χ1v) is 8.50. The van der Waals surface area contributed by atoms with Crippen LogP contribution in [0.25, 0.3) is 11.1 Å². The minimum absolute atomic E-state index is 0.152. The Morgan fingerprint density at radius 2 is 1.56 bits per heavy atom. The van der Waals surface area contributed by atoms with E-state index in [1.807, 2.05) is 75.4 Å². The fraction of sp³-hybridized carbons (Fsp3) is 0.333. The number of ether oxygens (including phenoxy) is 1. The molecular formula is C21H25NO3. The summed E-state index contributed by atoms with van der Waals surface area (Å²) in [5.41, 5.74) is 2.79. The molecule has 2 aromatic rings. The van der Waals surface area contributed by atoms with Crippen LogP contribution >= 0.6 is 0 Å². The summed E-state index contributed by atoms with van der Waals surface area (Å²) in [7, 11) is 0. The lowest BCUT2D eigenvalue weighted by atomic mass is 10.0. The molecule has 0 aliphatic heterocycles. The Labute approximate surface area is 149 Å². The molecule has 4 heteroatoms. The normalized spacial score (nSPS) is 11.0. The lowest BCUT2D eigenvalue weighted by Gasteiger charge is -2.24. The minimum atomic E-state index is -0.406. The number of rotatable bonds is 7. The Bertz CT molecular complexity index is 706. The van der Waals surface area contributed by atoms with Crippen LogP contribution < -0.4 is 5.32 Å². The van der Waals surface area contributed by atoms with Crippen molar-refractivity contribution in [3.05, 3.63) is 60.2 Å². The van der Waals surface area contributed by atoms with Gasteiger partial charge < -0.3 is 10.1 Å². The fourth-order valence-electron chi connectivity index (χ4n) is 2.31. The SMILES string of the molecule is CCC(C)(C)NC(=O)COC(=O)Cc1ccc(-c2ccccc2)cc1. The van der Waals surface area contributed by atoms with Crippen LogP contribution in [0.4, 0.5) is 0 Å². The van der Waals surface area contributed by atoms with E-state index in [4.69, 9.17) is 4.74 Å². The molecule has 4 nitrogen and oxygen atoms in total. The molecule has 25 heavy (non-hydrogen) atoms. The lowest BCUT2D eigenvalue weighted by Crippen LogP contribution is -2.44. The summed E-state index contributed by atoms with van der Waals surface area (Å²) in [6.07, 6.45) is 0.958. The smallest absolute Gasteiger partial charge is 0.310 e. The summed E-state index contributed by atoms with van der Waals surface area (Å²) in [5.74, 6) is -0.684. The molecule has 132 valence electrons. The van der Waals surface area contributed by atoms with Gasteiger partial charge in [-0.3, -0.25) is 9.59 Å². The third kappa shape index (κ3) is 6.07. The van der Waals surface area contributed by atoms with Crippen molar-refractivity contribution in [3.8, 4) is 11.1 Å². The van der Waals surface area contributed by atoms with Crippen molar-refractivity contribution in [1.29, 1.82) is 0 Å². The quantitative estimate of drug-likeness (QED) is 0.782. The summed E-state index contributed by atoms with van der Waals surface area (Å²) in [5, 5.41) is 2.83. The highest BCUT2D eigenvalue weighted by Crippen LogP contribution is 2.19. The van der Waals surface area contributed by atoms with Crippen LogP contribution in [0.1, 0.15) is 32.8 Å². The third-order valence-electron chi connectivity index (χ3n) is 4.14. The van der Waals surface area contributed by atoms with Crippen LogP contribution in [0.3, 0.4) is 0 Å². The number of benzene rings is 2. The number of carbonyl (C=O) groups is 2. The molecule has 0 aliphatic carbocycles. The monoisotopic (exact) mass is 339 g/mol. The van der Waals surface area contributed by atoms with E-state index >= 15 is 0 Å². The molecule has 0 bridgehead atoms. The van der Waals surface area contributed by atoms with Crippen LogP contribution in [-0.4, -0.2) is 24.0 Å². The van der Waals surface area contributed by atoms with Gasteiger partial charge >= 0.3 is 5.97 Å². The van der Waals surface area contributed by atoms with Gasteiger partial charge in [-0.2, -0.15) is 0 Å². The number of nitrogens with one attached hydrogen (secondary N) is 1. The molecule has 0 saturated carbocycles. The Kier molecular flexibility index (Phi) is 6.34. The molecular weight excluding hydrogens is 314 g/mol. The van der Waals surface area contributed by atoms with Crippen molar-refractivity contribution in [2.24, 2.45) is 0 Å². The van der Waals surface area contributed by atoms with Gasteiger partial charge in [-0.25, -0.2) is 0 Å². The van der Waals surface area contributed by atoms with Crippen LogP contribution in [-0.2, 0) is 20.7 Å². The van der Waals surface area contributed by atoms with Crippen molar-refractivity contribution in [1.82, 2.24) is 5.32 Å². The minimum Gasteiger partial charge on any atom is -0.455 e. The van der Waals surface area contributed by atoms with Crippen LogP contribution in [0.2, 0.25) is 0 Å². The Morgan fingerprint density at radius 3 is 2.16 bits per heavy atom. The maximum absolute atomic E-state index is 11.9. The molecule has 0 heterocycles. The standard InChI is InChI=1S/C21H25NO3/c1-4-21(2,3)22-19(23)15-25-20(24)14-16-10-12-18(13-11-16)17-8-6-5-7-9-17/h5-13H,4,14-15H2,1-3H3,(H,22,23). The molecule has 0 unspecified atom stereocenters. The zero-order chi connectivity index (χ0) is 18.3. The molecule has 0 atom stereocenters. The topological polar surface area (TPSA) is 55.4 Å². The van der Waals surface area contributed by atoms with E-state index < -0.39 is 5.97 Å². The van der Waals surface area contributed by atoms with Crippen LogP contribution in [0, 0.1) is 0 Å². The van der Waals surface area contributed by atoms with Gasteiger partial charge in [0.2, 0.25) is 0 Å². The van der Waals surface area contributed by atoms with Gasteiger partial charge in [0, 0.05) is 5.54 Å². The molecule has 0 aromatic heterocycles. The number of hydrogen-bond donors (Lipinski definition) is 1. The lowest BCUT2D eigenvalue weighted by molar-refractivity contribution is -0.148. The second kappa shape index (κ2) is 8.47. The maximum Gasteiger partial charge on any atom is 0.310 e. The number of hydrogen-bond acceptors (Lipinski definition) is 3. The van der Waals surface area contributed by atoms with Gasteiger partial charge in [0.1, 0.15) is 0 Å². The van der Waals surface area contributed by atoms with E-state index in [0.29, 0.717) is 0 Å². The van der Waals surface area contributed by atoms with Gasteiger partial charge in [-0.15, -0.1) is 0 Å². The maximum atomic E-state index is 11.9. The van der Waals surface area contributed by atoms with Crippen molar-refractivity contribution in [3.63, 3.8) is 0 Å². The fourth-order valence-corrected chi connectivity index (χ4v) is 2.31. The molecule has 0 spiro atoms. The second-order valence-electron chi connectivity index (χ2n) is 6.69. The largest absolute Gasteiger partial charge is 0.455 e. The summed E-state index contributed by atoms with van der Waals surface area (Å²) in [4.78, 5) is 23.7. The summed E-state index contributed by atoms with van der Waals surface area (Å²) < 4.78 is 5.06. The van der Waals surface area contributed by atoms with E-state index in [1.165, 1.54) is 0 Å². The first kappa shape index (κ1) is 18.7. The van der Waals surface area contributed by atoms with Crippen molar-refractivity contribution < 1.29 is 14.3 Å². The van der Waals surface area contributed by atoms with Crippen LogP contribution in [0.15, 0.2) is 54.6 Å². The van der Waals surface area contributed by atoms with Crippen molar-refractivity contribution in [2.45, 2.75) is 39.2 Å². The number of amides is 1. The Morgan fingerprint density at radius 1 is 0.960 bits per heavy atom. The first-order valence-electron chi connectivity index (χ1n) is 8.50. The van der Waals surface area contributed by atoms with Gasteiger partial charge in [-0.1, -0.05) is 61.5 Å². The predicted octanol–water partition coefficient (Wildman–Crippen LogP) is 3.74. The van der Waals surface area contributed by atoms with E-state index in [9.17, 15) is 9.59 Å². The average molecular weight is 339 g/mol. The summed E-state index contributed by atoms with van der Waals surface area (Å²) in [6, 6.07) is 17.8. The molecule has 1 N–H and O–H groups in total. The van der Waals surface area contributed by atoms with Crippen molar-refractivity contribution >= 4 is 11.9 Å². The molecule has 0 radical (unpaired) electrons. The molecule has 2 aromatic carbocycles. The number of esters is 1. The van der Waals surface area contributed by atoms with Crippen LogP contribution in [0.5, 0.6) is 0 Å². The van der Waals surface area contributed by atoms with E-state index in [0.717, 1.165) is 23.1 Å².